The number of carbonyl (C=O) groups is 1. The predicted molar refractivity (Wildman–Crippen MR) is 135 cm³/mol. The molecule has 0 saturated carbocycles. The molecular formula is C26H24Cl2N2O5. The quantitative estimate of drug-likeness (QED) is 0.226. The van der Waals surface area contributed by atoms with Gasteiger partial charge in [0.1, 0.15) is 17.2 Å². The number of esters is 1. The average Bonchev–Trinajstić information content (AvgIpc) is 3.26. The van der Waals surface area contributed by atoms with E-state index in [1.807, 2.05) is 6.07 Å². The average molecular weight is 515 g/mol. The number of pyridine rings is 1. The van der Waals surface area contributed by atoms with Gasteiger partial charge in [-0.15, -0.1) is 0 Å². The van der Waals surface area contributed by atoms with Crippen LogP contribution in [-0.4, -0.2) is 29.3 Å². The van der Waals surface area contributed by atoms with Crippen molar-refractivity contribution in [3.8, 4) is 28.6 Å². The third-order valence-electron chi connectivity index (χ3n) is 5.63. The molecule has 2 heterocycles. The molecule has 0 spiro atoms. The lowest BCUT2D eigenvalue weighted by Gasteiger charge is -2.15. The van der Waals surface area contributed by atoms with E-state index in [9.17, 15) is 4.79 Å². The number of methoxy groups -OCH3 is 1. The van der Waals surface area contributed by atoms with Crippen LogP contribution < -0.4 is 9.47 Å². The molecule has 2 atom stereocenters. The molecule has 4 rings (SSSR count). The molecule has 0 aliphatic carbocycles. The Morgan fingerprint density at radius 3 is 2.51 bits per heavy atom. The Kier molecular flexibility index (Phi) is 7.48. The minimum Gasteiger partial charge on any atom is -0.477 e. The number of aromatic nitrogens is 2. The Morgan fingerprint density at radius 1 is 1.09 bits per heavy atom. The Labute approximate surface area is 212 Å². The van der Waals surface area contributed by atoms with E-state index in [1.54, 1.807) is 49.4 Å². The van der Waals surface area contributed by atoms with Crippen LogP contribution in [0.2, 0.25) is 10.0 Å². The van der Waals surface area contributed by atoms with E-state index in [4.69, 9.17) is 46.9 Å². The standard InChI is InChI=1S/C26H24Cl2N2O5/c1-5-14(2)24-18(10-11-23(29-24)34-17-8-6-16(27)7-9-17)25-19-12-22(33-15(3)26(31)32-4)20(28)13-21(19)35-30-25/h6-15H,5H2,1-4H3. The highest BCUT2D eigenvalue weighted by molar-refractivity contribution is 6.33. The molecular weight excluding hydrogens is 491 g/mol. The molecule has 35 heavy (non-hydrogen) atoms. The maximum atomic E-state index is 11.8. The van der Waals surface area contributed by atoms with Crippen LogP contribution in [0.1, 0.15) is 38.8 Å². The first kappa shape index (κ1) is 24.8. The van der Waals surface area contributed by atoms with Crippen molar-refractivity contribution in [3.63, 3.8) is 0 Å². The fourth-order valence-electron chi connectivity index (χ4n) is 3.53. The molecule has 0 aliphatic heterocycles. The van der Waals surface area contributed by atoms with Gasteiger partial charge >= 0.3 is 5.97 Å². The largest absolute Gasteiger partial charge is 0.477 e. The number of benzene rings is 2. The monoisotopic (exact) mass is 514 g/mol. The van der Waals surface area contributed by atoms with Crippen molar-refractivity contribution in [2.75, 3.05) is 7.11 Å². The van der Waals surface area contributed by atoms with Crippen molar-refractivity contribution >= 4 is 40.1 Å². The summed E-state index contributed by atoms with van der Waals surface area (Å²) in [5, 5.41) is 5.90. The molecule has 2 aromatic heterocycles. The van der Waals surface area contributed by atoms with Crippen LogP contribution in [0.3, 0.4) is 0 Å². The molecule has 182 valence electrons. The molecule has 0 fully saturated rings. The first-order valence-electron chi connectivity index (χ1n) is 11.1. The molecule has 0 radical (unpaired) electrons. The summed E-state index contributed by atoms with van der Waals surface area (Å²) in [4.78, 5) is 16.6. The van der Waals surface area contributed by atoms with Crippen molar-refractivity contribution in [1.82, 2.24) is 10.1 Å². The molecule has 0 N–H and O–H groups in total. The highest BCUT2D eigenvalue weighted by Crippen LogP contribution is 2.39. The second-order valence-electron chi connectivity index (χ2n) is 8.04. The summed E-state index contributed by atoms with van der Waals surface area (Å²) in [6.45, 7) is 5.76. The Morgan fingerprint density at radius 2 is 1.83 bits per heavy atom. The van der Waals surface area contributed by atoms with E-state index in [0.717, 1.165) is 17.7 Å². The van der Waals surface area contributed by atoms with Gasteiger partial charge in [-0.25, -0.2) is 9.78 Å². The van der Waals surface area contributed by atoms with Gasteiger partial charge in [0.05, 0.1) is 23.2 Å². The van der Waals surface area contributed by atoms with E-state index in [2.05, 4.69) is 19.0 Å². The van der Waals surface area contributed by atoms with Gasteiger partial charge in [-0.05, 0) is 55.7 Å². The van der Waals surface area contributed by atoms with E-state index >= 15 is 0 Å². The van der Waals surface area contributed by atoms with Gasteiger partial charge in [0.25, 0.3) is 0 Å². The Hall–Kier alpha value is -3.29. The Bertz CT molecular complexity index is 1350. The van der Waals surface area contributed by atoms with Crippen LogP contribution in [0.25, 0.3) is 22.2 Å². The van der Waals surface area contributed by atoms with Crippen LogP contribution in [0.4, 0.5) is 0 Å². The predicted octanol–water partition coefficient (Wildman–Crippen LogP) is 7.44. The molecule has 4 aromatic rings. The van der Waals surface area contributed by atoms with Gasteiger partial charge in [0.15, 0.2) is 11.7 Å². The lowest BCUT2D eigenvalue weighted by atomic mass is 9.96. The zero-order valence-corrected chi connectivity index (χ0v) is 21.2. The van der Waals surface area contributed by atoms with Gasteiger partial charge in [0, 0.05) is 22.7 Å². The van der Waals surface area contributed by atoms with Crippen molar-refractivity contribution < 1.29 is 23.5 Å². The second-order valence-corrected chi connectivity index (χ2v) is 8.88. The molecule has 0 bridgehead atoms. The smallest absolute Gasteiger partial charge is 0.346 e. The van der Waals surface area contributed by atoms with Crippen LogP contribution in [0, 0.1) is 0 Å². The fourth-order valence-corrected chi connectivity index (χ4v) is 3.86. The number of nitrogens with zero attached hydrogens (tertiary/aromatic N) is 2. The van der Waals surface area contributed by atoms with Gasteiger partial charge in [-0.1, -0.05) is 42.2 Å². The van der Waals surface area contributed by atoms with E-state index in [0.29, 0.717) is 44.1 Å². The van der Waals surface area contributed by atoms with Gasteiger partial charge < -0.3 is 18.7 Å². The summed E-state index contributed by atoms with van der Waals surface area (Å²) in [5.74, 6) is 1.02. The number of fused-ring (bicyclic) bond motifs is 1. The summed E-state index contributed by atoms with van der Waals surface area (Å²) >= 11 is 12.3. The van der Waals surface area contributed by atoms with Crippen LogP contribution >= 0.6 is 23.2 Å². The fraction of sp³-hybridized carbons (Fsp3) is 0.269. The van der Waals surface area contributed by atoms with Gasteiger partial charge in [-0.3, -0.25) is 0 Å². The molecule has 2 aromatic carbocycles. The van der Waals surface area contributed by atoms with E-state index < -0.39 is 12.1 Å². The summed E-state index contributed by atoms with van der Waals surface area (Å²) in [7, 11) is 1.30. The summed E-state index contributed by atoms with van der Waals surface area (Å²) in [6.07, 6.45) is 0.0247. The Balaban J connectivity index is 1.75. The molecule has 7 nitrogen and oxygen atoms in total. The van der Waals surface area contributed by atoms with E-state index in [-0.39, 0.29) is 5.92 Å². The summed E-state index contributed by atoms with van der Waals surface area (Å²) in [6, 6.07) is 14.1. The number of rotatable bonds is 8. The van der Waals surface area contributed by atoms with Gasteiger partial charge in [0.2, 0.25) is 5.88 Å². The van der Waals surface area contributed by atoms with Crippen LogP contribution in [0.15, 0.2) is 53.1 Å². The number of ether oxygens (including phenoxy) is 3. The third-order valence-corrected chi connectivity index (χ3v) is 6.18. The topological polar surface area (TPSA) is 83.7 Å². The molecule has 0 saturated heterocycles. The third kappa shape index (κ3) is 5.36. The number of halogens is 2. The summed E-state index contributed by atoms with van der Waals surface area (Å²) in [5.41, 5.74) is 2.69. The zero-order chi connectivity index (χ0) is 25.1. The van der Waals surface area contributed by atoms with Crippen molar-refractivity contribution in [2.24, 2.45) is 0 Å². The zero-order valence-electron chi connectivity index (χ0n) is 19.7. The number of hydrogen-bond donors (Lipinski definition) is 0. The molecule has 9 heteroatoms. The lowest BCUT2D eigenvalue weighted by Crippen LogP contribution is -2.25. The molecule has 0 amide bonds. The highest BCUT2D eigenvalue weighted by atomic mass is 35.5. The second kappa shape index (κ2) is 10.5. The van der Waals surface area contributed by atoms with Crippen LogP contribution in [-0.2, 0) is 9.53 Å². The van der Waals surface area contributed by atoms with Crippen LogP contribution in [0.5, 0.6) is 17.4 Å². The summed E-state index contributed by atoms with van der Waals surface area (Å²) < 4.78 is 22.0. The maximum absolute atomic E-state index is 11.8. The highest BCUT2D eigenvalue weighted by Gasteiger charge is 2.22. The number of carbonyl (C=O) groups excluding carboxylic acids is 1. The normalized spacial score (nSPS) is 12.9. The minimum atomic E-state index is -0.833. The molecule has 2 unspecified atom stereocenters. The maximum Gasteiger partial charge on any atom is 0.346 e. The van der Waals surface area contributed by atoms with Crippen molar-refractivity contribution in [3.05, 3.63) is 64.3 Å². The van der Waals surface area contributed by atoms with Gasteiger partial charge in [-0.2, -0.15) is 0 Å². The number of hydrogen-bond acceptors (Lipinski definition) is 7. The first-order chi connectivity index (χ1) is 16.8. The molecule has 0 aliphatic rings. The van der Waals surface area contributed by atoms with E-state index in [1.165, 1.54) is 7.11 Å². The lowest BCUT2D eigenvalue weighted by molar-refractivity contribution is -0.147. The first-order valence-corrected chi connectivity index (χ1v) is 11.8. The SMILES string of the molecule is CCC(C)c1nc(Oc2ccc(Cl)cc2)ccc1-c1noc2cc(Cl)c(OC(C)C(=O)OC)cc12. The van der Waals surface area contributed by atoms with Crippen molar-refractivity contribution in [1.29, 1.82) is 0 Å². The van der Waals surface area contributed by atoms with Crippen molar-refractivity contribution in [2.45, 2.75) is 39.2 Å². The minimum absolute atomic E-state index is 0.118.